The molecule has 0 aliphatic carbocycles. The Kier molecular flexibility index (Phi) is 7.80. The van der Waals surface area contributed by atoms with Crippen LogP contribution in [0.1, 0.15) is 26.7 Å². The van der Waals surface area contributed by atoms with Crippen molar-refractivity contribution < 1.29 is 4.79 Å². The summed E-state index contributed by atoms with van der Waals surface area (Å²) in [6.45, 7) is 4.61. The molecule has 0 fully saturated rings. The predicted octanol–water partition coefficient (Wildman–Crippen LogP) is 2.33. The highest BCUT2D eigenvalue weighted by atomic mass is 35.5. The van der Waals surface area contributed by atoms with Crippen LogP contribution in [0.2, 0.25) is 0 Å². The van der Waals surface area contributed by atoms with Crippen molar-refractivity contribution in [3.05, 3.63) is 12.2 Å². The first-order chi connectivity index (χ1) is 6.22. The first-order valence-electron chi connectivity index (χ1n) is 4.71. The highest BCUT2D eigenvalue weighted by Crippen LogP contribution is 2.03. The molecule has 0 heterocycles. The van der Waals surface area contributed by atoms with Crippen molar-refractivity contribution in [2.45, 2.75) is 26.7 Å². The Morgan fingerprint density at radius 1 is 1.54 bits per heavy atom. The van der Waals surface area contributed by atoms with Crippen molar-refractivity contribution in [1.82, 2.24) is 5.32 Å². The summed E-state index contributed by atoms with van der Waals surface area (Å²) in [6, 6.07) is 0. The second kappa shape index (κ2) is 8.11. The number of hydrogen-bond donors (Lipinski definition) is 1. The number of amides is 1. The number of rotatable bonds is 6. The third-order valence-corrected chi connectivity index (χ3v) is 2.00. The van der Waals surface area contributed by atoms with Crippen LogP contribution in [0.3, 0.4) is 0 Å². The van der Waals surface area contributed by atoms with Gasteiger partial charge in [-0.2, -0.15) is 0 Å². The fourth-order valence-electron chi connectivity index (χ4n) is 1.04. The van der Waals surface area contributed by atoms with Crippen molar-refractivity contribution in [3.8, 4) is 0 Å². The summed E-state index contributed by atoms with van der Waals surface area (Å²) in [5, 5.41) is 2.82. The van der Waals surface area contributed by atoms with Crippen molar-refractivity contribution in [2.24, 2.45) is 5.92 Å². The second-order valence-electron chi connectivity index (χ2n) is 3.06. The van der Waals surface area contributed by atoms with Gasteiger partial charge in [-0.1, -0.05) is 32.4 Å². The number of carbonyl (C=O) groups excluding carboxylic acids is 1. The van der Waals surface area contributed by atoms with Crippen LogP contribution in [0.25, 0.3) is 0 Å². The third-order valence-electron chi connectivity index (χ3n) is 1.82. The molecule has 0 aromatic rings. The van der Waals surface area contributed by atoms with E-state index < -0.39 is 0 Å². The first kappa shape index (κ1) is 12.5. The van der Waals surface area contributed by atoms with Crippen LogP contribution in [0.4, 0.5) is 0 Å². The topological polar surface area (TPSA) is 29.1 Å². The molecule has 0 saturated heterocycles. The lowest BCUT2D eigenvalue weighted by Gasteiger charge is -2.08. The first-order valence-corrected chi connectivity index (χ1v) is 5.24. The number of hydrogen-bond acceptors (Lipinski definition) is 1. The number of alkyl halides is 1. The molecule has 1 amide bonds. The smallest absolute Gasteiger partial charge is 0.223 e. The molecule has 1 unspecified atom stereocenters. The molecule has 0 rings (SSSR count). The normalized spacial score (nSPS) is 13.2. The average Bonchev–Trinajstić information content (AvgIpc) is 2.12. The zero-order valence-corrected chi connectivity index (χ0v) is 9.10. The fourth-order valence-corrected chi connectivity index (χ4v) is 1.17. The zero-order chi connectivity index (χ0) is 10.1. The zero-order valence-electron chi connectivity index (χ0n) is 8.35. The molecular weight excluding hydrogens is 186 g/mol. The number of nitrogens with one attached hydrogen (secondary N) is 1. The van der Waals surface area contributed by atoms with Crippen LogP contribution in [0.15, 0.2) is 12.2 Å². The van der Waals surface area contributed by atoms with Crippen molar-refractivity contribution in [3.63, 3.8) is 0 Å². The standard InChI is InChI=1S/C10H18ClNO/c1-3-6-9(2)10(13)12-8-5-4-7-11/h4-5,9H,3,6-8H2,1-2H3,(H,12,13)/b5-4+. The Balaban J connectivity index is 3.55. The number of halogens is 1. The number of carbonyl (C=O) groups is 1. The molecule has 0 radical (unpaired) electrons. The minimum atomic E-state index is 0.120. The quantitative estimate of drug-likeness (QED) is 0.521. The van der Waals surface area contributed by atoms with E-state index in [4.69, 9.17) is 11.6 Å². The average molecular weight is 204 g/mol. The molecule has 0 saturated carbocycles. The van der Waals surface area contributed by atoms with Crippen LogP contribution < -0.4 is 5.32 Å². The second-order valence-corrected chi connectivity index (χ2v) is 3.37. The minimum absolute atomic E-state index is 0.120. The summed E-state index contributed by atoms with van der Waals surface area (Å²) in [5.74, 6) is 0.746. The molecule has 0 spiro atoms. The van der Waals surface area contributed by atoms with E-state index in [0.29, 0.717) is 12.4 Å². The van der Waals surface area contributed by atoms with Crippen LogP contribution in [0.5, 0.6) is 0 Å². The van der Waals surface area contributed by atoms with Crippen LogP contribution in [-0.4, -0.2) is 18.3 Å². The summed E-state index contributed by atoms with van der Waals surface area (Å²) < 4.78 is 0. The van der Waals surface area contributed by atoms with Gasteiger partial charge < -0.3 is 5.32 Å². The van der Waals surface area contributed by atoms with Crippen LogP contribution in [0, 0.1) is 5.92 Å². The van der Waals surface area contributed by atoms with E-state index in [1.165, 1.54) is 0 Å². The monoisotopic (exact) mass is 203 g/mol. The van der Waals surface area contributed by atoms with E-state index in [2.05, 4.69) is 12.2 Å². The van der Waals surface area contributed by atoms with Gasteiger partial charge in [0.15, 0.2) is 0 Å². The van der Waals surface area contributed by atoms with Crippen molar-refractivity contribution in [2.75, 3.05) is 12.4 Å². The molecule has 0 aromatic heterocycles. The van der Waals surface area contributed by atoms with Gasteiger partial charge >= 0.3 is 0 Å². The van der Waals surface area contributed by atoms with Crippen LogP contribution in [-0.2, 0) is 4.79 Å². The van der Waals surface area contributed by atoms with E-state index in [0.717, 1.165) is 12.8 Å². The maximum absolute atomic E-state index is 11.3. The molecule has 0 aromatic carbocycles. The van der Waals surface area contributed by atoms with Gasteiger partial charge in [0.2, 0.25) is 5.91 Å². The maximum Gasteiger partial charge on any atom is 0.223 e. The van der Waals surface area contributed by atoms with E-state index in [1.807, 2.05) is 19.1 Å². The summed E-state index contributed by atoms with van der Waals surface area (Å²) >= 11 is 5.43. The highest BCUT2D eigenvalue weighted by molar-refractivity contribution is 6.18. The Labute approximate surface area is 85.3 Å². The highest BCUT2D eigenvalue weighted by Gasteiger charge is 2.09. The van der Waals surface area contributed by atoms with Gasteiger partial charge in [-0.05, 0) is 6.42 Å². The van der Waals surface area contributed by atoms with Crippen molar-refractivity contribution >= 4 is 17.5 Å². The molecule has 0 aliphatic heterocycles. The molecule has 1 N–H and O–H groups in total. The predicted molar refractivity (Wildman–Crippen MR) is 56.9 cm³/mol. The lowest BCUT2D eigenvalue weighted by Crippen LogP contribution is -2.29. The van der Waals surface area contributed by atoms with Gasteiger partial charge in [0.1, 0.15) is 0 Å². The van der Waals surface area contributed by atoms with E-state index >= 15 is 0 Å². The lowest BCUT2D eigenvalue weighted by atomic mass is 10.1. The Hall–Kier alpha value is -0.500. The lowest BCUT2D eigenvalue weighted by molar-refractivity contribution is -0.124. The Bertz CT molecular complexity index is 168. The maximum atomic E-state index is 11.3. The molecule has 2 nitrogen and oxygen atoms in total. The van der Waals surface area contributed by atoms with Crippen molar-refractivity contribution in [1.29, 1.82) is 0 Å². The van der Waals surface area contributed by atoms with Crippen LogP contribution >= 0.6 is 11.6 Å². The summed E-state index contributed by atoms with van der Waals surface area (Å²) in [6.07, 6.45) is 5.69. The summed E-state index contributed by atoms with van der Waals surface area (Å²) in [5.41, 5.74) is 0. The van der Waals surface area contributed by atoms with Gasteiger partial charge in [0.25, 0.3) is 0 Å². The van der Waals surface area contributed by atoms with E-state index in [1.54, 1.807) is 0 Å². The Morgan fingerprint density at radius 3 is 2.77 bits per heavy atom. The molecular formula is C10H18ClNO. The van der Waals surface area contributed by atoms with Gasteiger partial charge in [-0.3, -0.25) is 4.79 Å². The SMILES string of the molecule is CCCC(C)C(=O)NC/C=C/CCl. The minimum Gasteiger partial charge on any atom is -0.352 e. The van der Waals surface area contributed by atoms with Gasteiger partial charge in [-0.15, -0.1) is 11.6 Å². The molecule has 1 atom stereocenters. The summed E-state index contributed by atoms with van der Waals surface area (Å²) in [7, 11) is 0. The molecule has 13 heavy (non-hydrogen) atoms. The third kappa shape index (κ3) is 6.64. The van der Waals surface area contributed by atoms with E-state index in [9.17, 15) is 4.79 Å². The fraction of sp³-hybridized carbons (Fsp3) is 0.700. The van der Waals surface area contributed by atoms with Gasteiger partial charge in [0.05, 0.1) is 0 Å². The Morgan fingerprint density at radius 2 is 2.23 bits per heavy atom. The van der Waals surface area contributed by atoms with Gasteiger partial charge in [0, 0.05) is 18.3 Å². The molecule has 0 aliphatic rings. The largest absolute Gasteiger partial charge is 0.352 e. The molecule has 76 valence electrons. The number of allylic oxidation sites excluding steroid dienone is 1. The van der Waals surface area contributed by atoms with E-state index in [-0.39, 0.29) is 11.8 Å². The molecule has 0 bridgehead atoms. The molecule has 3 heteroatoms. The summed E-state index contributed by atoms with van der Waals surface area (Å²) in [4.78, 5) is 11.3. The van der Waals surface area contributed by atoms with Gasteiger partial charge in [-0.25, -0.2) is 0 Å².